The number of hydrogen-bond donors (Lipinski definition) is 1. The van der Waals surface area contributed by atoms with Gasteiger partial charge in [-0.05, 0) is 43.0 Å². The van der Waals surface area contributed by atoms with Gasteiger partial charge >= 0.3 is 0 Å². The predicted octanol–water partition coefficient (Wildman–Crippen LogP) is 3.80. The summed E-state index contributed by atoms with van der Waals surface area (Å²) in [7, 11) is 0. The zero-order valence-corrected chi connectivity index (χ0v) is 19.0. The molecule has 164 valence electrons. The highest BCUT2D eigenvalue weighted by Crippen LogP contribution is 2.36. The van der Waals surface area contributed by atoms with E-state index in [1.165, 1.54) is 6.21 Å². The molecule has 8 nitrogen and oxygen atoms in total. The Morgan fingerprint density at radius 2 is 1.82 bits per heavy atom. The summed E-state index contributed by atoms with van der Waals surface area (Å²) >= 11 is 7.33. The smallest absolute Gasteiger partial charge is 0.284 e. The van der Waals surface area contributed by atoms with Gasteiger partial charge in [0, 0.05) is 5.69 Å². The Kier molecular flexibility index (Phi) is 6.58. The number of carbonyl (C=O) groups is 2. The number of halogens is 1. The number of anilines is 1. The third kappa shape index (κ3) is 4.67. The highest BCUT2D eigenvalue weighted by molar-refractivity contribution is 8.17. The minimum atomic E-state index is -0.726. The molecule has 1 aliphatic heterocycles. The van der Waals surface area contributed by atoms with Crippen molar-refractivity contribution >= 4 is 46.3 Å². The van der Waals surface area contributed by atoms with Gasteiger partial charge in [0.25, 0.3) is 5.91 Å². The van der Waals surface area contributed by atoms with Crippen LogP contribution in [0.4, 0.5) is 5.69 Å². The molecule has 0 unspecified atom stereocenters. The molecule has 2 aromatic carbocycles. The van der Waals surface area contributed by atoms with E-state index in [0.29, 0.717) is 22.1 Å². The molecular formula is C23H17ClN6O2S. The normalized spacial score (nSPS) is 15.1. The van der Waals surface area contributed by atoms with Gasteiger partial charge in [0.1, 0.15) is 21.8 Å². The number of rotatable bonds is 5. The number of aryl methyl sites for hydroxylation is 1. The average Bonchev–Trinajstić information content (AvgIpc) is 3.35. The number of aromatic nitrogens is 2. The van der Waals surface area contributed by atoms with Crippen LogP contribution in [0.3, 0.4) is 0 Å². The molecule has 1 aromatic heterocycles. The van der Waals surface area contributed by atoms with Crippen molar-refractivity contribution in [3.63, 3.8) is 0 Å². The molecule has 1 amide bonds. The zero-order valence-electron chi connectivity index (χ0n) is 17.4. The van der Waals surface area contributed by atoms with E-state index >= 15 is 0 Å². The summed E-state index contributed by atoms with van der Waals surface area (Å²) in [5.41, 5.74) is 4.80. The lowest BCUT2D eigenvalue weighted by Gasteiger charge is -2.18. The van der Waals surface area contributed by atoms with Crippen LogP contribution in [0.25, 0.3) is 5.69 Å². The molecule has 0 radical (unpaired) electrons. The van der Waals surface area contributed by atoms with E-state index < -0.39 is 5.91 Å². The van der Waals surface area contributed by atoms with Crippen molar-refractivity contribution in [3.8, 4) is 11.8 Å². The fraction of sp³-hybridized carbons (Fsp3) is 0.0870. The van der Waals surface area contributed by atoms with Crippen LogP contribution in [0.2, 0.25) is 5.15 Å². The van der Waals surface area contributed by atoms with Gasteiger partial charge in [-0.15, -0.1) is 0 Å². The summed E-state index contributed by atoms with van der Waals surface area (Å²) in [5.74, 6) is -0.726. The monoisotopic (exact) mass is 476 g/mol. The van der Waals surface area contributed by atoms with Crippen LogP contribution >= 0.6 is 23.4 Å². The summed E-state index contributed by atoms with van der Waals surface area (Å²) in [4.78, 5) is 26.4. The maximum Gasteiger partial charge on any atom is 0.284 e. The van der Waals surface area contributed by atoms with Crippen LogP contribution in [-0.4, -0.2) is 33.6 Å². The summed E-state index contributed by atoms with van der Waals surface area (Å²) in [6, 6.07) is 20.4. The number of hydrogen-bond acceptors (Lipinski definition) is 7. The standard InChI is InChI=1S/C23H17ClN6O2S/c1-15-19(21(24)30(28-15)17-10-6-3-7-11-17)13-26-27-22(32)18(12-25)23-29(14-20(31)33-23)16-8-4-2-5-9-16/h2-11,13H,14H2,1H3,(H,27,32). The molecule has 1 fully saturated rings. The zero-order chi connectivity index (χ0) is 23.4. The molecule has 0 saturated carbocycles. The first kappa shape index (κ1) is 22.3. The van der Waals surface area contributed by atoms with Crippen LogP contribution in [0.15, 0.2) is 76.4 Å². The van der Waals surface area contributed by atoms with E-state index in [1.807, 2.05) is 54.6 Å². The van der Waals surface area contributed by atoms with E-state index in [1.54, 1.807) is 28.6 Å². The molecule has 1 saturated heterocycles. The molecule has 4 rings (SSSR count). The summed E-state index contributed by atoms with van der Waals surface area (Å²) in [6.07, 6.45) is 1.38. The fourth-order valence-electron chi connectivity index (χ4n) is 3.20. The largest absolute Gasteiger partial charge is 0.326 e. The van der Waals surface area contributed by atoms with Crippen LogP contribution in [0.5, 0.6) is 0 Å². The topological polar surface area (TPSA) is 103 Å². The molecule has 0 spiro atoms. The second-order valence-electron chi connectivity index (χ2n) is 6.92. The van der Waals surface area contributed by atoms with E-state index in [2.05, 4.69) is 15.6 Å². The highest BCUT2D eigenvalue weighted by Gasteiger charge is 2.32. The number of hydrazone groups is 1. The minimum absolute atomic E-state index is 0.0687. The second kappa shape index (κ2) is 9.73. The van der Waals surface area contributed by atoms with Crippen LogP contribution < -0.4 is 10.3 Å². The first-order valence-electron chi connectivity index (χ1n) is 9.81. The van der Waals surface area contributed by atoms with Gasteiger partial charge in [-0.25, -0.2) is 10.1 Å². The molecule has 10 heteroatoms. The van der Waals surface area contributed by atoms with Gasteiger partial charge in [-0.3, -0.25) is 9.59 Å². The third-order valence-corrected chi connectivity index (χ3v) is 6.11. The lowest BCUT2D eigenvalue weighted by molar-refractivity contribution is -0.117. The Bertz CT molecular complexity index is 1310. The maximum absolute atomic E-state index is 12.7. The number of benzene rings is 2. The lowest BCUT2D eigenvalue weighted by Crippen LogP contribution is -2.25. The summed E-state index contributed by atoms with van der Waals surface area (Å²) < 4.78 is 1.57. The molecule has 3 aromatic rings. The number of carbonyl (C=O) groups excluding carboxylic acids is 2. The van der Waals surface area contributed by atoms with E-state index in [4.69, 9.17) is 11.6 Å². The molecule has 0 aliphatic carbocycles. The van der Waals surface area contributed by atoms with Crippen molar-refractivity contribution in [3.05, 3.63) is 87.7 Å². The fourth-order valence-corrected chi connectivity index (χ4v) is 4.45. The Morgan fingerprint density at radius 3 is 2.45 bits per heavy atom. The van der Waals surface area contributed by atoms with Gasteiger partial charge in [0.05, 0.1) is 29.7 Å². The van der Waals surface area contributed by atoms with Crippen molar-refractivity contribution < 1.29 is 9.59 Å². The molecule has 0 bridgehead atoms. The Morgan fingerprint density at radius 1 is 1.18 bits per heavy atom. The van der Waals surface area contributed by atoms with Gasteiger partial charge < -0.3 is 4.90 Å². The summed E-state index contributed by atoms with van der Waals surface area (Å²) in [5, 5.41) is 18.5. The van der Waals surface area contributed by atoms with Crippen LogP contribution in [0, 0.1) is 18.3 Å². The molecule has 2 heterocycles. The van der Waals surface area contributed by atoms with E-state index in [-0.39, 0.29) is 22.3 Å². The lowest BCUT2D eigenvalue weighted by atomic mass is 10.2. The highest BCUT2D eigenvalue weighted by atomic mass is 35.5. The first-order valence-corrected chi connectivity index (χ1v) is 11.0. The molecular weight excluding hydrogens is 460 g/mol. The van der Waals surface area contributed by atoms with Crippen molar-refractivity contribution in [2.45, 2.75) is 6.92 Å². The van der Waals surface area contributed by atoms with E-state index in [0.717, 1.165) is 17.4 Å². The molecule has 33 heavy (non-hydrogen) atoms. The number of amides is 1. The van der Waals surface area contributed by atoms with Crippen molar-refractivity contribution in [1.29, 1.82) is 5.26 Å². The average molecular weight is 477 g/mol. The minimum Gasteiger partial charge on any atom is -0.326 e. The van der Waals surface area contributed by atoms with Gasteiger partial charge in [0.15, 0.2) is 0 Å². The van der Waals surface area contributed by atoms with Crippen LogP contribution in [0.1, 0.15) is 11.3 Å². The Labute approximate surface area is 199 Å². The number of nitrogens with zero attached hydrogens (tertiary/aromatic N) is 5. The Balaban J connectivity index is 1.56. The molecule has 1 aliphatic rings. The van der Waals surface area contributed by atoms with Crippen molar-refractivity contribution in [1.82, 2.24) is 15.2 Å². The van der Waals surface area contributed by atoms with Gasteiger partial charge in [-0.1, -0.05) is 48.0 Å². The number of thioether (sulfide) groups is 1. The first-order chi connectivity index (χ1) is 16.0. The molecule has 0 atom stereocenters. The summed E-state index contributed by atoms with van der Waals surface area (Å²) in [6.45, 7) is 1.84. The number of nitrogens with one attached hydrogen (secondary N) is 1. The Hall–Kier alpha value is -3.87. The predicted molar refractivity (Wildman–Crippen MR) is 128 cm³/mol. The quantitative estimate of drug-likeness (QED) is 0.260. The number of para-hydroxylation sites is 2. The SMILES string of the molecule is Cc1nn(-c2ccccc2)c(Cl)c1C=NNC(=O)C(C#N)=C1SC(=O)CN1c1ccccc1. The second-order valence-corrected chi connectivity index (χ2v) is 8.33. The maximum atomic E-state index is 12.7. The van der Waals surface area contributed by atoms with Crippen molar-refractivity contribution in [2.24, 2.45) is 5.10 Å². The van der Waals surface area contributed by atoms with E-state index in [9.17, 15) is 14.9 Å². The van der Waals surface area contributed by atoms with Crippen molar-refractivity contribution in [2.75, 3.05) is 11.4 Å². The third-order valence-electron chi connectivity index (χ3n) is 4.77. The van der Waals surface area contributed by atoms with Gasteiger partial charge in [0.2, 0.25) is 5.12 Å². The van der Waals surface area contributed by atoms with Crippen LogP contribution in [-0.2, 0) is 9.59 Å². The number of nitriles is 1. The molecule has 1 N–H and O–H groups in total. The van der Waals surface area contributed by atoms with Gasteiger partial charge in [-0.2, -0.15) is 15.5 Å².